The summed E-state index contributed by atoms with van der Waals surface area (Å²) >= 11 is 0. The van der Waals surface area contributed by atoms with E-state index in [1.165, 1.54) is 5.56 Å². The molecule has 1 aliphatic rings. The van der Waals surface area contributed by atoms with E-state index in [1.807, 2.05) is 37.3 Å². The van der Waals surface area contributed by atoms with Gasteiger partial charge in [0, 0.05) is 11.6 Å². The van der Waals surface area contributed by atoms with Gasteiger partial charge in [0.1, 0.15) is 23.1 Å². The zero-order valence-electron chi connectivity index (χ0n) is 18.3. The molecule has 1 aliphatic heterocycles. The Hall–Kier alpha value is -4.04. The van der Waals surface area contributed by atoms with Crippen molar-refractivity contribution in [2.24, 2.45) is 5.73 Å². The number of esters is 1. The maximum atomic E-state index is 12.5. The zero-order valence-corrected chi connectivity index (χ0v) is 18.3. The Balaban J connectivity index is 1.68. The quantitative estimate of drug-likeness (QED) is 0.438. The van der Waals surface area contributed by atoms with Crippen LogP contribution in [0.3, 0.4) is 0 Å². The molecule has 0 saturated heterocycles. The molecule has 4 rings (SSSR count). The summed E-state index contributed by atoms with van der Waals surface area (Å²) in [4.78, 5) is 12.5. The largest absolute Gasteiger partial charge is 0.440 e. The number of allylic oxidation sites excluding steroid dienone is 1. The highest BCUT2D eigenvalue weighted by atomic mass is 16.5. The predicted octanol–water partition coefficient (Wildman–Crippen LogP) is 5.56. The molecule has 0 bridgehead atoms. The molecule has 3 aromatic rings. The van der Waals surface area contributed by atoms with E-state index in [1.54, 1.807) is 24.3 Å². The number of carbonyl (C=O) groups excluding carboxylic acids is 1. The van der Waals surface area contributed by atoms with Crippen LogP contribution in [0.5, 0.6) is 11.5 Å². The molecule has 1 atom stereocenters. The van der Waals surface area contributed by atoms with E-state index in [2.05, 4.69) is 32.0 Å². The third-order valence-corrected chi connectivity index (χ3v) is 5.59. The van der Waals surface area contributed by atoms with Crippen LogP contribution >= 0.6 is 0 Å². The Kier molecular flexibility index (Phi) is 5.70. The molecule has 1 heterocycles. The molecule has 2 N–H and O–H groups in total. The minimum absolute atomic E-state index is 0.0556. The second-order valence-corrected chi connectivity index (χ2v) is 8.20. The molecule has 0 aromatic heterocycles. The molecule has 1 unspecified atom stereocenters. The number of rotatable bonds is 4. The number of hydrogen-bond acceptors (Lipinski definition) is 5. The number of nitrogens with zero attached hydrogens (tertiary/aromatic N) is 1. The van der Waals surface area contributed by atoms with E-state index in [-0.39, 0.29) is 11.8 Å². The maximum absolute atomic E-state index is 12.5. The number of carbonyl (C=O) groups is 1. The highest BCUT2D eigenvalue weighted by Crippen LogP contribution is 2.43. The number of fused-ring (bicyclic) bond motifs is 1. The van der Waals surface area contributed by atoms with Crippen molar-refractivity contribution in [3.63, 3.8) is 0 Å². The fourth-order valence-corrected chi connectivity index (χ4v) is 3.85. The summed E-state index contributed by atoms with van der Waals surface area (Å²) in [5.41, 5.74) is 10.9. The molecule has 0 aliphatic carbocycles. The lowest BCUT2D eigenvalue weighted by molar-refractivity contribution is 0.0734. The average Bonchev–Trinajstić information content (AvgIpc) is 2.78. The van der Waals surface area contributed by atoms with Gasteiger partial charge in [-0.05, 0) is 42.2 Å². The average molecular weight is 425 g/mol. The molecule has 5 nitrogen and oxygen atoms in total. The van der Waals surface area contributed by atoms with Crippen LogP contribution in [0, 0.1) is 18.3 Å². The number of aryl methyl sites for hydroxylation is 1. The smallest absolute Gasteiger partial charge is 0.343 e. The van der Waals surface area contributed by atoms with Crippen molar-refractivity contribution >= 4 is 5.97 Å². The number of ether oxygens (including phenoxy) is 2. The predicted molar refractivity (Wildman–Crippen MR) is 122 cm³/mol. The zero-order chi connectivity index (χ0) is 22.8. The van der Waals surface area contributed by atoms with Crippen molar-refractivity contribution in [1.29, 1.82) is 5.26 Å². The van der Waals surface area contributed by atoms with Crippen LogP contribution in [-0.4, -0.2) is 5.97 Å². The van der Waals surface area contributed by atoms with E-state index in [4.69, 9.17) is 15.2 Å². The summed E-state index contributed by atoms with van der Waals surface area (Å²) in [7, 11) is 0. The number of hydrogen-bond donors (Lipinski definition) is 1. The molecular formula is C27H24N2O3. The van der Waals surface area contributed by atoms with E-state index >= 15 is 0 Å². The SMILES string of the molecule is Cc1cccc(C(=O)Oc2ccc3c(c2)OC(N)=C(C#N)C3c2ccc(C(C)C)cc2)c1. The Morgan fingerprint density at radius 1 is 1.09 bits per heavy atom. The molecule has 32 heavy (non-hydrogen) atoms. The summed E-state index contributed by atoms with van der Waals surface area (Å²) in [6.07, 6.45) is 0. The van der Waals surface area contributed by atoms with E-state index in [0.717, 1.165) is 16.7 Å². The minimum Gasteiger partial charge on any atom is -0.440 e. The first-order chi connectivity index (χ1) is 15.4. The summed E-state index contributed by atoms with van der Waals surface area (Å²) in [5.74, 6) is 0.470. The van der Waals surface area contributed by atoms with Gasteiger partial charge >= 0.3 is 5.97 Å². The first kappa shape index (κ1) is 21.2. The standard InChI is InChI=1S/C27H24N2O3/c1-16(2)18-7-9-19(10-8-18)25-22-12-11-21(14-24(22)32-26(29)23(25)15-28)31-27(30)20-6-4-5-17(3)13-20/h4-14,16,25H,29H2,1-3H3. The first-order valence-corrected chi connectivity index (χ1v) is 10.5. The van der Waals surface area contributed by atoms with Gasteiger partial charge in [-0.3, -0.25) is 0 Å². The number of benzene rings is 3. The van der Waals surface area contributed by atoms with Gasteiger partial charge in [0.2, 0.25) is 5.88 Å². The molecule has 0 amide bonds. The van der Waals surface area contributed by atoms with Crippen molar-refractivity contribution in [2.75, 3.05) is 0 Å². The van der Waals surface area contributed by atoms with Crippen LogP contribution < -0.4 is 15.2 Å². The fraction of sp³-hybridized carbons (Fsp3) is 0.185. The maximum Gasteiger partial charge on any atom is 0.343 e. The van der Waals surface area contributed by atoms with Crippen LogP contribution in [0.2, 0.25) is 0 Å². The first-order valence-electron chi connectivity index (χ1n) is 10.5. The number of nitriles is 1. The van der Waals surface area contributed by atoms with Gasteiger partial charge < -0.3 is 15.2 Å². The van der Waals surface area contributed by atoms with Crippen molar-refractivity contribution < 1.29 is 14.3 Å². The lowest BCUT2D eigenvalue weighted by Gasteiger charge is -2.27. The van der Waals surface area contributed by atoms with E-state index in [9.17, 15) is 10.1 Å². The third kappa shape index (κ3) is 4.08. The van der Waals surface area contributed by atoms with E-state index < -0.39 is 5.97 Å². The Labute approximate surface area is 187 Å². The van der Waals surface area contributed by atoms with Gasteiger partial charge in [-0.25, -0.2) is 4.79 Å². The molecule has 160 valence electrons. The van der Waals surface area contributed by atoms with Crippen LogP contribution in [-0.2, 0) is 0 Å². The van der Waals surface area contributed by atoms with Crippen LogP contribution in [0.15, 0.2) is 78.2 Å². The Morgan fingerprint density at radius 2 is 1.84 bits per heavy atom. The van der Waals surface area contributed by atoms with Gasteiger partial charge in [-0.2, -0.15) is 5.26 Å². The van der Waals surface area contributed by atoms with Crippen LogP contribution in [0.4, 0.5) is 0 Å². The summed E-state index contributed by atoms with van der Waals surface area (Å²) < 4.78 is 11.3. The topological polar surface area (TPSA) is 85.3 Å². The van der Waals surface area contributed by atoms with Gasteiger partial charge in [-0.15, -0.1) is 0 Å². The summed E-state index contributed by atoms with van der Waals surface area (Å²) in [5, 5.41) is 9.75. The van der Waals surface area contributed by atoms with Crippen molar-refractivity contribution in [3.05, 3.63) is 106 Å². The highest BCUT2D eigenvalue weighted by molar-refractivity contribution is 5.91. The Bertz CT molecular complexity index is 1250. The van der Waals surface area contributed by atoms with Crippen molar-refractivity contribution in [1.82, 2.24) is 0 Å². The molecule has 5 heteroatoms. The summed E-state index contributed by atoms with van der Waals surface area (Å²) in [6.45, 7) is 6.19. The fourth-order valence-electron chi connectivity index (χ4n) is 3.85. The molecular weight excluding hydrogens is 400 g/mol. The minimum atomic E-state index is -0.452. The van der Waals surface area contributed by atoms with Gasteiger partial charge in [0.05, 0.1) is 11.5 Å². The van der Waals surface area contributed by atoms with Crippen LogP contribution in [0.1, 0.15) is 58.3 Å². The Morgan fingerprint density at radius 3 is 2.50 bits per heavy atom. The highest BCUT2D eigenvalue weighted by Gasteiger charge is 2.31. The molecule has 0 radical (unpaired) electrons. The monoisotopic (exact) mass is 424 g/mol. The second-order valence-electron chi connectivity index (χ2n) is 8.20. The summed E-state index contributed by atoms with van der Waals surface area (Å²) in [6, 6.07) is 22.7. The lowest BCUT2D eigenvalue weighted by atomic mass is 9.83. The van der Waals surface area contributed by atoms with E-state index in [0.29, 0.717) is 28.6 Å². The molecule has 0 saturated carbocycles. The van der Waals surface area contributed by atoms with Crippen LogP contribution in [0.25, 0.3) is 0 Å². The second kappa shape index (κ2) is 8.60. The van der Waals surface area contributed by atoms with Crippen molar-refractivity contribution in [3.8, 4) is 17.6 Å². The van der Waals surface area contributed by atoms with Gasteiger partial charge in [-0.1, -0.05) is 61.9 Å². The number of nitrogens with two attached hydrogens (primary N) is 1. The normalized spacial score (nSPS) is 15.0. The molecule has 3 aromatic carbocycles. The van der Waals surface area contributed by atoms with Crippen molar-refractivity contribution in [2.45, 2.75) is 32.6 Å². The molecule has 0 fully saturated rings. The molecule has 0 spiro atoms. The van der Waals surface area contributed by atoms with Gasteiger partial charge in [0.25, 0.3) is 0 Å². The van der Waals surface area contributed by atoms with Gasteiger partial charge in [0.15, 0.2) is 0 Å². The third-order valence-electron chi connectivity index (χ3n) is 5.59. The lowest BCUT2D eigenvalue weighted by Crippen LogP contribution is -2.21.